The molecule has 1 fully saturated rings. The number of hydrogen-bond acceptors (Lipinski definition) is 19. The normalized spacial score (nSPS) is 23.5. The maximum absolute atomic E-state index is 15.0. The van der Waals surface area contributed by atoms with Crippen molar-refractivity contribution >= 4 is 113 Å². The van der Waals surface area contributed by atoms with E-state index in [2.05, 4.69) is 52.0 Å². The summed E-state index contributed by atoms with van der Waals surface area (Å²) in [6.07, 6.45) is 5.85. The fourth-order valence-electron chi connectivity index (χ4n) is 10.3. The van der Waals surface area contributed by atoms with Crippen LogP contribution in [0.15, 0.2) is 17.2 Å². The lowest BCUT2D eigenvalue weighted by atomic mass is 9.87. The molecule has 13 N–H and O–H groups in total. The monoisotopic (exact) mass is 1300 g/mol. The number of nitrogens with one attached hydrogen (secondary N) is 9. The standard InChI is InChI=1S/C58H77N10O20PS/c1-9-28(5)51-43(71)13-14-48(75)62-41-26-90-57-36(16-32(23-59-24-49(76)66-51)17-45(73)52(29(6)10-2)67-56(82)42-19-34(70)25-68(42)58(83)40(22-50(77)78)64-55(41)81)35-20-38(46(21-37(35)65-57)87-27-88-89(84,85)86)63-53(79)30(7)15-44(72)31(8)60-54(80)39(18-33(69)11-3)61-47(74)12-4/h3-4,20-21,28-32,34,39-42,51-52,59,65,70H,9-10,13-19,22-27H2,1-2,5-8H3,(H,60,80)(H,61,74)(H,62,75)(H,63,79)(H,64,81)(H,66,76)(H,67,82)(H,77,78)(H2,84,85,86)/t28-,29-,30+,31-,32+,34+,39?,40-,41-,42-,51-,52-/m0/s1. The number of rotatable bonds is 20. The van der Waals surface area contributed by atoms with E-state index in [1.807, 2.05) is 5.92 Å². The molecule has 4 heterocycles. The molecule has 0 aliphatic carbocycles. The molecule has 3 aliphatic rings. The van der Waals surface area contributed by atoms with Gasteiger partial charge in [-0.15, -0.1) is 24.6 Å². The number of phosphoric acid groups is 1. The van der Waals surface area contributed by atoms with Crippen LogP contribution in [-0.2, 0) is 77.8 Å². The number of ether oxygens (including phenoxy) is 1. The molecule has 30 nitrogen and oxygen atoms in total. The fraction of sp³-hybridized carbons (Fsp3) is 0.569. The van der Waals surface area contributed by atoms with Crippen molar-refractivity contribution in [3.05, 3.63) is 17.7 Å². The fourth-order valence-corrected chi connectivity index (χ4v) is 11.6. The molecule has 1 aromatic carbocycles. The van der Waals surface area contributed by atoms with Crippen LogP contribution in [-0.4, -0.2) is 187 Å². The third-order valence-corrected chi connectivity index (χ3v) is 17.3. The number of ketones is 4. The molecule has 1 unspecified atom stereocenters. The summed E-state index contributed by atoms with van der Waals surface area (Å²) in [5, 5.41) is 42.3. The van der Waals surface area contributed by atoms with Gasteiger partial charge in [0.05, 0.1) is 53.4 Å². The molecule has 32 heteroatoms. The predicted octanol–water partition coefficient (Wildman–Crippen LogP) is -0.994. The number of carboxylic acids is 1. The maximum Gasteiger partial charge on any atom is 0.472 e. The van der Waals surface area contributed by atoms with Crippen molar-refractivity contribution in [3.8, 4) is 30.4 Å². The number of anilines is 1. The zero-order chi connectivity index (χ0) is 66.9. The van der Waals surface area contributed by atoms with Gasteiger partial charge >= 0.3 is 13.8 Å². The van der Waals surface area contributed by atoms with Crippen LogP contribution < -0.4 is 47.3 Å². The Kier molecular flexibility index (Phi) is 26.8. The third-order valence-electron chi connectivity index (χ3n) is 15.7. The number of thioether (sulfide) groups is 1. The molecular formula is C58H77N10O20PS. The van der Waals surface area contributed by atoms with E-state index >= 15 is 0 Å². The van der Waals surface area contributed by atoms with Gasteiger partial charge in [-0.1, -0.05) is 47.5 Å². The smallest absolute Gasteiger partial charge is 0.472 e. The zero-order valence-corrected chi connectivity index (χ0v) is 52.2. The van der Waals surface area contributed by atoms with Crippen molar-refractivity contribution in [2.75, 3.05) is 37.5 Å². The number of fused-ring (bicyclic) bond motifs is 5. The van der Waals surface area contributed by atoms with Crippen molar-refractivity contribution < 1.29 is 96.2 Å². The van der Waals surface area contributed by atoms with Crippen LogP contribution in [0.3, 0.4) is 0 Å². The summed E-state index contributed by atoms with van der Waals surface area (Å²) in [5.41, 5.74) is 0.346. The molecule has 8 amide bonds. The minimum Gasteiger partial charge on any atom is -0.481 e. The van der Waals surface area contributed by atoms with Crippen molar-refractivity contribution in [3.63, 3.8) is 0 Å². The second-order valence-electron chi connectivity index (χ2n) is 22.6. The molecular weight excluding hydrogens is 1220 g/mol. The molecule has 0 radical (unpaired) electrons. The minimum atomic E-state index is -5.18. The van der Waals surface area contributed by atoms with Crippen LogP contribution in [0.4, 0.5) is 5.69 Å². The largest absolute Gasteiger partial charge is 0.481 e. The zero-order valence-electron chi connectivity index (χ0n) is 50.5. The van der Waals surface area contributed by atoms with Crippen molar-refractivity contribution in [1.82, 2.24) is 47.1 Å². The Balaban J connectivity index is 1.69. The molecule has 1 saturated heterocycles. The number of nitrogens with zero attached hydrogens (tertiary/aromatic N) is 1. The molecule has 2 bridgehead atoms. The van der Waals surface area contributed by atoms with Crippen molar-refractivity contribution in [1.29, 1.82) is 0 Å². The molecule has 0 spiro atoms. The van der Waals surface area contributed by atoms with Gasteiger partial charge in [0.25, 0.3) is 5.91 Å². The number of carbonyl (C=O) groups excluding carboxylic acids is 12. The Hall–Kier alpha value is -8.03. The first-order valence-electron chi connectivity index (χ1n) is 29.1. The van der Waals surface area contributed by atoms with Gasteiger partial charge in [0.2, 0.25) is 47.1 Å². The Morgan fingerprint density at radius 2 is 1.51 bits per heavy atom. The first kappa shape index (κ1) is 72.7. The van der Waals surface area contributed by atoms with E-state index in [1.54, 1.807) is 33.6 Å². The summed E-state index contributed by atoms with van der Waals surface area (Å²) in [6, 6.07) is -7.48. The van der Waals surface area contributed by atoms with E-state index in [0.717, 1.165) is 16.7 Å². The highest BCUT2D eigenvalue weighted by Gasteiger charge is 2.44. The second kappa shape index (κ2) is 33.2. The number of aliphatic carboxylic acids is 1. The Morgan fingerprint density at radius 3 is 2.14 bits per heavy atom. The quantitative estimate of drug-likeness (QED) is 0.0327. The highest BCUT2D eigenvalue weighted by atomic mass is 32.2. The molecule has 90 heavy (non-hydrogen) atoms. The van der Waals surface area contributed by atoms with E-state index in [4.69, 9.17) is 17.6 Å². The number of aliphatic hydroxyl groups is 1. The van der Waals surface area contributed by atoms with Gasteiger partial charge in [0.15, 0.2) is 24.1 Å². The molecule has 12 atom stereocenters. The second-order valence-corrected chi connectivity index (χ2v) is 24.8. The van der Waals surface area contributed by atoms with Gasteiger partial charge in [-0.2, -0.15) is 0 Å². The van der Waals surface area contributed by atoms with Crippen molar-refractivity contribution in [2.45, 2.75) is 159 Å². The third kappa shape index (κ3) is 20.8. The van der Waals surface area contributed by atoms with Gasteiger partial charge in [0.1, 0.15) is 29.9 Å². The van der Waals surface area contributed by atoms with Gasteiger partial charge in [-0.05, 0) is 61.1 Å². The number of phosphoric ester groups is 1. The van der Waals surface area contributed by atoms with E-state index in [1.165, 1.54) is 26.0 Å². The van der Waals surface area contributed by atoms with Crippen LogP contribution in [0.2, 0.25) is 0 Å². The first-order valence-corrected chi connectivity index (χ1v) is 31.6. The van der Waals surface area contributed by atoms with E-state index < -0.39 is 207 Å². The summed E-state index contributed by atoms with van der Waals surface area (Å²) >= 11 is 0.913. The van der Waals surface area contributed by atoms with Crippen LogP contribution in [0.25, 0.3) is 10.9 Å². The highest BCUT2D eigenvalue weighted by molar-refractivity contribution is 7.99. The number of benzene rings is 1. The highest BCUT2D eigenvalue weighted by Crippen LogP contribution is 2.40. The maximum atomic E-state index is 15.0. The molecule has 5 rings (SSSR count). The molecule has 0 saturated carbocycles. The van der Waals surface area contributed by atoms with Gasteiger partial charge < -0.3 is 77.2 Å². The summed E-state index contributed by atoms with van der Waals surface area (Å²) in [6.45, 7) is 7.61. The lowest BCUT2D eigenvalue weighted by molar-refractivity contribution is -0.146. The number of aromatic nitrogens is 1. The lowest BCUT2D eigenvalue weighted by Gasteiger charge is -2.31. The SMILES string of the molecule is C#CC(=O)CC(NC(=O)C#C)C(=O)N[C@@H](C)C(=O)C[C@@H](C)C(=O)Nc1cc2c3c([nH]c2cc1OCOP(=O)(O)O)SC[C@@H]1NC(=O)CCC(=O)[C@H]([C@@H](C)CC)NC(=O)CNC[C@@H](CC(=O)[C@H]([C@@H](C)CC)NC(=O)[C@@H]2C[C@@H](O)CN2C(=O)[C@H](CC(=O)O)NC1=O)C3. The number of hydrogen-bond donors (Lipinski definition) is 13. The average molecular weight is 1300 g/mol. The van der Waals surface area contributed by atoms with E-state index in [9.17, 15) is 86.9 Å². The van der Waals surface area contributed by atoms with Gasteiger partial charge in [-0.3, -0.25) is 62.3 Å². The Labute approximate surface area is 522 Å². The van der Waals surface area contributed by atoms with Crippen LogP contribution >= 0.6 is 19.6 Å². The Morgan fingerprint density at radius 1 is 0.833 bits per heavy atom. The number of carboxylic acid groups (broad SMARTS) is 1. The summed E-state index contributed by atoms with van der Waals surface area (Å²) in [7, 11) is -5.18. The summed E-state index contributed by atoms with van der Waals surface area (Å²) in [5.74, 6) is -11.7. The first-order chi connectivity index (χ1) is 42.4. The van der Waals surface area contributed by atoms with Crippen LogP contribution in [0.5, 0.6) is 5.75 Å². The molecule has 1 aromatic heterocycles. The minimum absolute atomic E-state index is 0.0969. The number of carbonyl (C=O) groups is 13. The number of aliphatic hydroxyl groups excluding tert-OH is 1. The topological polar surface area (TPSA) is 454 Å². The number of Topliss-reactive ketones (excluding diaryl/α,β-unsaturated/α-hetero) is 4. The molecule has 490 valence electrons. The van der Waals surface area contributed by atoms with Crippen LogP contribution in [0.1, 0.15) is 105 Å². The predicted molar refractivity (Wildman–Crippen MR) is 321 cm³/mol. The van der Waals surface area contributed by atoms with Gasteiger partial charge in [-0.25, -0.2) is 9.09 Å². The number of H-pyrrole nitrogens is 1. The van der Waals surface area contributed by atoms with E-state index in [0.29, 0.717) is 18.4 Å². The molecule has 2 aromatic rings. The molecule has 3 aliphatic heterocycles. The summed E-state index contributed by atoms with van der Waals surface area (Å²) < 4.78 is 22.1. The number of terminal acetylenes is 2. The van der Waals surface area contributed by atoms with Gasteiger partial charge in [0, 0.05) is 68.2 Å². The lowest BCUT2D eigenvalue weighted by Crippen LogP contribution is -2.58. The summed E-state index contributed by atoms with van der Waals surface area (Å²) in [4.78, 5) is 201. The number of aromatic amines is 1. The van der Waals surface area contributed by atoms with E-state index in [-0.39, 0.29) is 59.7 Å². The van der Waals surface area contributed by atoms with Crippen molar-refractivity contribution in [2.24, 2.45) is 23.7 Å². The average Bonchev–Trinajstić information content (AvgIpc) is 1.66. The Bertz CT molecular complexity index is 3220. The van der Waals surface area contributed by atoms with Crippen LogP contribution in [0, 0.1) is 48.4 Å². The number of amides is 8.